The van der Waals surface area contributed by atoms with Gasteiger partial charge < -0.3 is 0 Å². The summed E-state index contributed by atoms with van der Waals surface area (Å²) in [6.07, 6.45) is 0. The molecule has 0 aliphatic carbocycles. The summed E-state index contributed by atoms with van der Waals surface area (Å²) in [5, 5.41) is 0. The van der Waals surface area contributed by atoms with E-state index >= 15 is 0 Å². The molecule has 0 radical (unpaired) electrons. The maximum absolute atomic E-state index is 10.9. The summed E-state index contributed by atoms with van der Waals surface area (Å²) in [6, 6.07) is 6.92. The zero-order valence-electron chi connectivity index (χ0n) is 9.73. The number of methoxy groups -OCH3 is 1. The molecule has 0 heterocycles. The Hall–Kier alpha value is -1.31. The van der Waals surface area contributed by atoms with Crippen LogP contribution in [0.3, 0.4) is 0 Å². The van der Waals surface area contributed by atoms with Crippen molar-refractivity contribution in [3.05, 3.63) is 27.8 Å². The van der Waals surface area contributed by atoms with Crippen molar-refractivity contribution in [1.82, 2.24) is 0 Å². The molecule has 5 nitrogen and oxygen atoms in total. The van der Waals surface area contributed by atoms with Gasteiger partial charge in [-0.1, -0.05) is 0 Å². The van der Waals surface area contributed by atoms with Crippen molar-refractivity contribution in [3.63, 3.8) is 0 Å². The quantitative estimate of drug-likeness (QED) is 0.779. The molecule has 0 aliphatic heterocycles. The summed E-state index contributed by atoms with van der Waals surface area (Å²) in [4.78, 5) is 21.9. The van der Waals surface area contributed by atoms with Gasteiger partial charge in [0.15, 0.2) is 0 Å². The molecule has 0 saturated heterocycles. The van der Waals surface area contributed by atoms with Gasteiger partial charge in [-0.25, -0.2) is 0 Å². The predicted octanol–water partition coefficient (Wildman–Crippen LogP) is 2.33. The third-order valence-corrected chi connectivity index (χ3v) is 5.36. The van der Waals surface area contributed by atoms with Crippen LogP contribution in [0.15, 0.2) is 24.3 Å². The van der Waals surface area contributed by atoms with Gasteiger partial charge in [-0.3, -0.25) is 0 Å². The van der Waals surface area contributed by atoms with Gasteiger partial charge in [-0.05, 0) is 0 Å². The molecule has 0 N–H and O–H groups in total. The Morgan fingerprint density at radius 1 is 1.00 bits per heavy atom. The number of halogens is 1. The minimum absolute atomic E-state index is 0.452. The summed E-state index contributed by atoms with van der Waals surface area (Å²) in [7, 11) is 1.56. The number of rotatable bonds is 4. The van der Waals surface area contributed by atoms with E-state index in [4.69, 9.17) is 10.9 Å². The van der Waals surface area contributed by atoms with E-state index in [1.165, 1.54) is 13.8 Å². The van der Waals surface area contributed by atoms with Crippen molar-refractivity contribution in [2.24, 2.45) is 0 Å². The number of carbonyl (C=O) groups is 2. The van der Waals surface area contributed by atoms with Crippen LogP contribution in [0.2, 0.25) is 0 Å². The molecule has 0 fully saturated rings. The molecule has 0 spiro atoms. The molecule has 0 amide bonds. The Morgan fingerprint density at radius 3 is 1.82 bits per heavy atom. The van der Waals surface area contributed by atoms with E-state index in [0.717, 1.165) is 3.57 Å². The molecule has 1 aromatic carbocycles. The number of hydrogen-bond donors (Lipinski definition) is 0. The molecule has 0 unspecified atom stereocenters. The first-order valence-electron chi connectivity index (χ1n) is 4.75. The molecule has 1 rings (SSSR count). The van der Waals surface area contributed by atoms with Gasteiger partial charge in [0.2, 0.25) is 0 Å². The Balaban J connectivity index is 2.86. The van der Waals surface area contributed by atoms with Gasteiger partial charge in [-0.15, -0.1) is 0 Å². The monoisotopic (exact) mass is 352 g/mol. The minimum atomic E-state index is -2.68. The van der Waals surface area contributed by atoms with Crippen LogP contribution >= 0.6 is 20.6 Å². The Morgan fingerprint density at radius 2 is 1.47 bits per heavy atom. The first-order valence-corrected chi connectivity index (χ1v) is 7.59. The Bertz CT molecular complexity index is 385. The van der Waals surface area contributed by atoms with Crippen LogP contribution in [0.1, 0.15) is 13.8 Å². The molecule has 0 saturated carbocycles. The van der Waals surface area contributed by atoms with Gasteiger partial charge in [0, 0.05) is 0 Å². The molecular formula is C11H13IO5. The average molecular weight is 352 g/mol. The third-order valence-electron chi connectivity index (χ3n) is 1.58. The molecule has 0 atom stereocenters. The molecule has 1 aromatic rings. The summed E-state index contributed by atoms with van der Waals surface area (Å²) in [5.74, 6) is -0.213. The fourth-order valence-corrected chi connectivity index (χ4v) is 3.65. The van der Waals surface area contributed by atoms with Crippen LogP contribution in [0.5, 0.6) is 5.75 Å². The van der Waals surface area contributed by atoms with Crippen molar-refractivity contribution in [3.8, 4) is 5.75 Å². The average Bonchev–Trinajstić information content (AvgIpc) is 2.27. The van der Waals surface area contributed by atoms with Crippen LogP contribution in [0.4, 0.5) is 0 Å². The normalized spacial score (nSPS) is 10.4. The molecule has 0 bridgehead atoms. The maximum atomic E-state index is 10.9. The SMILES string of the molecule is COc1ccc(I(OC(C)=O)OC(C)=O)cc1. The molecular weight excluding hydrogens is 339 g/mol. The molecule has 94 valence electrons. The van der Waals surface area contributed by atoms with E-state index in [2.05, 4.69) is 0 Å². The first-order chi connectivity index (χ1) is 8.02. The second-order valence-corrected chi connectivity index (χ2v) is 6.38. The molecule has 0 aliphatic rings. The fraction of sp³-hybridized carbons (Fsp3) is 0.273. The molecule has 17 heavy (non-hydrogen) atoms. The van der Waals surface area contributed by atoms with Crippen molar-refractivity contribution >= 4 is 32.6 Å². The standard InChI is InChI=1S/C11H13IO5/c1-8(13)16-12(17-9(2)14)10-4-6-11(15-3)7-5-10/h4-7H,1-3H3. The van der Waals surface area contributed by atoms with E-state index in [-0.39, 0.29) is 0 Å². The second-order valence-electron chi connectivity index (χ2n) is 3.01. The van der Waals surface area contributed by atoms with Crippen molar-refractivity contribution in [2.45, 2.75) is 13.8 Å². The van der Waals surface area contributed by atoms with Gasteiger partial charge in [0.1, 0.15) is 0 Å². The van der Waals surface area contributed by atoms with E-state index < -0.39 is 32.6 Å². The number of carbonyl (C=O) groups excluding carboxylic acids is 2. The first kappa shape index (κ1) is 13.8. The zero-order valence-corrected chi connectivity index (χ0v) is 11.9. The van der Waals surface area contributed by atoms with Crippen molar-refractivity contribution in [2.75, 3.05) is 7.11 Å². The topological polar surface area (TPSA) is 61.8 Å². The van der Waals surface area contributed by atoms with Gasteiger partial charge in [-0.2, -0.15) is 0 Å². The summed E-state index contributed by atoms with van der Waals surface area (Å²) >= 11 is -2.68. The van der Waals surface area contributed by atoms with Gasteiger partial charge >= 0.3 is 108 Å². The van der Waals surface area contributed by atoms with E-state index in [1.807, 2.05) is 0 Å². The number of benzene rings is 1. The Kier molecular flexibility index (Phi) is 5.20. The zero-order chi connectivity index (χ0) is 12.8. The van der Waals surface area contributed by atoms with E-state index in [9.17, 15) is 9.59 Å². The van der Waals surface area contributed by atoms with Crippen LogP contribution in [-0.4, -0.2) is 19.0 Å². The summed E-state index contributed by atoms with van der Waals surface area (Å²) < 4.78 is 15.8. The second kappa shape index (κ2) is 6.43. The molecule has 6 heteroatoms. The van der Waals surface area contributed by atoms with Gasteiger partial charge in [0.25, 0.3) is 0 Å². The predicted molar refractivity (Wildman–Crippen MR) is 69.2 cm³/mol. The number of hydrogen-bond acceptors (Lipinski definition) is 5. The Labute approximate surface area is 108 Å². The van der Waals surface area contributed by atoms with Crippen LogP contribution in [0, 0.1) is 3.57 Å². The fourth-order valence-electron chi connectivity index (χ4n) is 0.976. The van der Waals surface area contributed by atoms with Crippen LogP contribution in [0.25, 0.3) is 0 Å². The van der Waals surface area contributed by atoms with E-state index in [1.54, 1.807) is 31.4 Å². The summed E-state index contributed by atoms with van der Waals surface area (Å²) in [6.45, 7) is 2.58. The van der Waals surface area contributed by atoms with Crippen molar-refractivity contribution in [1.29, 1.82) is 0 Å². The van der Waals surface area contributed by atoms with Crippen LogP contribution in [-0.2, 0) is 15.7 Å². The molecule has 0 aromatic heterocycles. The van der Waals surface area contributed by atoms with Crippen LogP contribution < -0.4 is 4.74 Å². The third kappa shape index (κ3) is 4.59. The summed E-state index contributed by atoms with van der Waals surface area (Å²) in [5.41, 5.74) is 0. The number of ether oxygens (including phenoxy) is 1. The van der Waals surface area contributed by atoms with Gasteiger partial charge in [0.05, 0.1) is 0 Å². The van der Waals surface area contributed by atoms with Crippen molar-refractivity contribution < 1.29 is 20.5 Å². The van der Waals surface area contributed by atoms with E-state index in [0.29, 0.717) is 5.75 Å².